The lowest BCUT2D eigenvalue weighted by atomic mass is 9.78. The summed E-state index contributed by atoms with van der Waals surface area (Å²) in [4.78, 5) is 11.8. The van der Waals surface area contributed by atoms with Crippen LogP contribution in [0.1, 0.15) is 65.7 Å². The van der Waals surface area contributed by atoms with Gasteiger partial charge in [0.1, 0.15) is 0 Å². The van der Waals surface area contributed by atoms with E-state index in [1.165, 1.54) is 6.42 Å². The normalized spacial score (nSPS) is 28.1. The van der Waals surface area contributed by atoms with Crippen molar-refractivity contribution in [3.63, 3.8) is 0 Å². The van der Waals surface area contributed by atoms with Crippen LogP contribution in [0.2, 0.25) is 0 Å². The minimum absolute atomic E-state index is 0.0318. The molecule has 1 rings (SSSR count). The highest BCUT2D eigenvalue weighted by Crippen LogP contribution is 2.33. The van der Waals surface area contributed by atoms with Crippen LogP contribution in [0.25, 0.3) is 0 Å². The summed E-state index contributed by atoms with van der Waals surface area (Å²) in [5.74, 6) is 0.800. The molecule has 0 saturated heterocycles. The molecular weight excluding hydrogens is 252 g/mol. The summed E-state index contributed by atoms with van der Waals surface area (Å²) in [5.41, 5.74) is -0.621. The van der Waals surface area contributed by atoms with Gasteiger partial charge in [0, 0.05) is 13.1 Å². The Morgan fingerprint density at radius 3 is 2.55 bits per heavy atom. The van der Waals surface area contributed by atoms with E-state index in [1.54, 1.807) is 0 Å². The Morgan fingerprint density at radius 1 is 1.35 bits per heavy atom. The van der Waals surface area contributed by atoms with Crippen LogP contribution in [0.4, 0.5) is 0 Å². The number of aliphatic hydroxyl groups is 1. The number of unbranched alkanes of at least 4 members (excludes halogenated alkanes) is 1. The fourth-order valence-corrected chi connectivity index (χ4v) is 2.78. The Morgan fingerprint density at radius 2 is 2.00 bits per heavy atom. The highest BCUT2D eigenvalue weighted by atomic mass is 16.3. The van der Waals surface area contributed by atoms with E-state index in [2.05, 4.69) is 24.5 Å². The Labute approximate surface area is 123 Å². The number of carbonyl (C=O) groups is 1. The van der Waals surface area contributed by atoms with Crippen LogP contribution in [0.3, 0.4) is 0 Å². The molecule has 1 fully saturated rings. The second-order valence-corrected chi connectivity index (χ2v) is 6.32. The van der Waals surface area contributed by atoms with Gasteiger partial charge in [0.2, 0.25) is 5.91 Å². The second kappa shape index (κ2) is 8.63. The van der Waals surface area contributed by atoms with Gasteiger partial charge < -0.3 is 15.7 Å². The zero-order chi connectivity index (χ0) is 15.0. The fourth-order valence-electron chi connectivity index (χ4n) is 2.78. The molecule has 0 radical (unpaired) electrons. The number of rotatable bonds is 8. The molecular formula is C16H32N2O2. The van der Waals surface area contributed by atoms with E-state index in [1.807, 2.05) is 6.92 Å². The molecule has 4 heteroatoms. The van der Waals surface area contributed by atoms with E-state index in [4.69, 9.17) is 0 Å². The lowest BCUT2D eigenvalue weighted by molar-refractivity contribution is -0.123. The van der Waals surface area contributed by atoms with Crippen LogP contribution in [-0.2, 0) is 4.79 Å². The molecule has 0 bridgehead atoms. The van der Waals surface area contributed by atoms with E-state index in [0.29, 0.717) is 6.54 Å². The number of amides is 1. The second-order valence-electron chi connectivity index (χ2n) is 6.32. The average Bonchev–Trinajstić information content (AvgIpc) is 2.46. The van der Waals surface area contributed by atoms with Gasteiger partial charge >= 0.3 is 0 Å². The molecule has 1 atom stereocenters. The maximum atomic E-state index is 11.8. The van der Waals surface area contributed by atoms with Gasteiger partial charge in [0.25, 0.3) is 0 Å². The third-order valence-corrected chi connectivity index (χ3v) is 4.57. The van der Waals surface area contributed by atoms with Crippen molar-refractivity contribution in [3.8, 4) is 0 Å². The van der Waals surface area contributed by atoms with Gasteiger partial charge in [0.15, 0.2) is 0 Å². The number of nitrogens with one attached hydrogen (secondary N) is 2. The molecule has 0 aromatic rings. The van der Waals surface area contributed by atoms with E-state index in [9.17, 15) is 9.90 Å². The van der Waals surface area contributed by atoms with Crippen molar-refractivity contribution >= 4 is 5.91 Å². The lowest BCUT2D eigenvalue weighted by Gasteiger charge is -2.36. The van der Waals surface area contributed by atoms with Crippen molar-refractivity contribution in [3.05, 3.63) is 0 Å². The minimum Gasteiger partial charge on any atom is -0.389 e. The van der Waals surface area contributed by atoms with Crippen molar-refractivity contribution in [2.24, 2.45) is 5.92 Å². The number of hydrogen-bond donors (Lipinski definition) is 3. The van der Waals surface area contributed by atoms with Gasteiger partial charge in [-0.1, -0.05) is 26.7 Å². The van der Waals surface area contributed by atoms with Crippen molar-refractivity contribution in [2.75, 3.05) is 13.1 Å². The van der Waals surface area contributed by atoms with Crippen molar-refractivity contribution in [2.45, 2.75) is 77.4 Å². The van der Waals surface area contributed by atoms with Gasteiger partial charge in [-0.25, -0.2) is 0 Å². The summed E-state index contributed by atoms with van der Waals surface area (Å²) in [7, 11) is 0. The molecule has 1 aliphatic rings. The predicted molar refractivity (Wildman–Crippen MR) is 82.6 cm³/mol. The fraction of sp³-hybridized carbons (Fsp3) is 0.938. The van der Waals surface area contributed by atoms with Crippen LogP contribution in [0.5, 0.6) is 0 Å². The Hall–Kier alpha value is -0.610. The minimum atomic E-state index is -0.621. The average molecular weight is 284 g/mol. The van der Waals surface area contributed by atoms with E-state index >= 15 is 0 Å². The molecule has 1 saturated carbocycles. The van der Waals surface area contributed by atoms with E-state index < -0.39 is 5.60 Å². The molecule has 1 amide bonds. The summed E-state index contributed by atoms with van der Waals surface area (Å²) in [6.45, 7) is 7.45. The summed E-state index contributed by atoms with van der Waals surface area (Å²) < 4.78 is 0. The first-order valence-corrected chi connectivity index (χ1v) is 8.24. The Bertz CT molecular complexity index is 286. The molecule has 0 aromatic heterocycles. The van der Waals surface area contributed by atoms with Crippen LogP contribution in [0, 0.1) is 5.92 Å². The summed E-state index contributed by atoms with van der Waals surface area (Å²) in [5, 5.41) is 16.6. The van der Waals surface area contributed by atoms with Crippen LogP contribution >= 0.6 is 0 Å². The number of hydrogen-bond acceptors (Lipinski definition) is 3. The molecule has 4 nitrogen and oxygen atoms in total. The zero-order valence-electron chi connectivity index (χ0n) is 13.4. The van der Waals surface area contributed by atoms with Crippen LogP contribution < -0.4 is 10.6 Å². The topological polar surface area (TPSA) is 61.4 Å². The maximum absolute atomic E-state index is 11.8. The van der Waals surface area contributed by atoms with Crippen molar-refractivity contribution < 1.29 is 9.90 Å². The lowest BCUT2D eigenvalue weighted by Crippen LogP contribution is -2.50. The SMILES string of the molecule is CCCCNC(=O)C(C)NCC1(O)CCC(CC)CC1. The first-order valence-electron chi connectivity index (χ1n) is 8.24. The van der Waals surface area contributed by atoms with Gasteiger partial charge in [-0.2, -0.15) is 0 Å². The molecule has 1 aliphatic carbocycles. The first-order chi connectivity index (χ1) is 9.50. The predicted octanol–water partition coefficient (Wildman–Crippen LogP) is 2.21. The van der Waals surface area contributed by atoms with Crippen LogP contribution in [-0.4, -0.2) is 35.7 Å². The smallest absolute Gasteiger partial charge is 0.236 e. The van der Waals surface area contributed by atoms with Gasteiger partial charge in [-0.3, -0.25) is 4.79 Å². The van der Waals surface area contributed by atoms with E-state index in [0.717, 1.165) is 51.0 Å². The van der Waals surface area contributed by atoms with Crippen molar-refractivity contribution in [1.29, 1.82) is 0 Å². The first kappa shape index (κ1) is 17.4. The maximum Gasteiger partial charge on any atom is 0.236 e. The molecule has 20 heavy (non-hydrogen) atoms. The van der Waals surface area contributed by atoms with Gasteiger partial charge in [0.05, 0.1) is 11.6 Å². The van der Waals surface area contributed by atoms with Crippen LogP contribution in [0.15, 0.2) is 0 Å². The molecule has 0 aliphatic heterocycles. The highest BCUT2D eigenvalue weighted by molar-refractivity contribution is 5.81. The largest absolute Gasteiger partial charge is 0.389 e. The quantitative estimate of drug-likeness (QED) is 0.599. The molecule has 3 N–H and O–H groups in total. The van der Waals surface area contributed by atoms with Crippen molar-refractivity contribution in [1.82, 2.24) is 10.6 Å². The zero-order valence-corrected chi connectivity index (χ0v) is 13.4. The summed E-state index contributed by atoms with van der Waals surface area (Å²) in [6.07, 6.45) is 7.21. The summed E-state index contributed by atoms with van der Waals surface area (Å²) in [6, 6.07) is -0.236. The van der Waals surface area contributed by atoms with E-state index in [-0.39, 0.29) is 11.9 Å². The molecule has 0 heterocycles. The molecule has 118 valence electrons. The monoisotopic (exact) mass is 284 g/mol. The molecule has 1 unspecified atom stereocenters. The molecule has 0 aromatic carbocycles. The Kier molecular flexibility index (Phi) is 7.52. The molecule has 0 spiro atoms. The third-order valence-electron chi connectivity index (χ3n) is 4.57. The van der Waals surface area contributed by atoms with Gasteiger partial charge in [-0.15, -0.1) is 0 Å². The van der Waals surface area contributed by atoms with Gasteiger partial charge in [-0.05, 0) is 44.9 Å². The third kappa shape index (κ3) is 5.80. The Balaban J connectivity index is 2.26. The standard InChI is InChI=1S/C16H32N2O2/c1-4-6-11-17-15(19)13(3)18-12-16(20)9-7-14(5-2)8-10-16/h13-14,18,20H,4-12H2,1-3H3,(H,17,19). The highest BCUT2D eigenvalue weighted by Gasteiger charge is 2.33. The number of carbonyl (C=O) groups excluding carboxylic acids is 1. The summed E-state index contributed by atoms with van der Waals surface area (Å²) >= 11 is 0.